The molecule has 0 saturated carbocycles. The smallest absolute Gasteiger partial charge is 0.261 e. The second-order valence-corrected chi connectivity index (χ2v) is 7.04. The van der Waals surface area contributed by atoms with E-state index in [1.807, 2.05) is 31.4 Å². The molecule has 0 unspecified atom stereocenters. The van der Waals surface area contributed by atoms with Crippen molar-refractivity contribution in [2.75, 3.05) is 12.4 Å². The van der Waals surface area contributed by atoms with Crippen molar-refractivity contribution < 1.29 is 4.79 Å². The highest BCUT2D eigenvalue weighted by molar-refractivity contribution is 7.27. The second-order valence-electron chi connectivity index (χ2n) is 4.74. The number of fused-ring (bicyclic) bond motifs is 1. The number of thiophene rings is 2. The number of carbonyl (C=O) groups excluding carboxylic acids is 1. The Morgan fingerprint density at radius 2 is 2.24 bits per heavy atom. The van der Waals surface area contributed by atoms with Gasteiger partial charge in [-0.25, -0.2) is 0 Å². The normalized spacial score (nSPS) is 11.9. The van der Waals surface area contributed by atoms with E-state index < -0.39 is 0 Å². The minimum atomic E-state index is -0.0636. The van der Waals surface area contributed by atoms with E-state index in [-0.39, 0.29) is 11.3 Å². The molecule has 5 heteroatoms. The fraction of sp³-hybridized carbons (Fsp3) is 0.417. The Labute approximate surface area is 114 Å². The Bertz CT molecular complexity index is 501. The standard InChI is InChI=1S/C12H14ClNOS2/c1-12(2,6-13)7-14-11(15)10-5-9-8(17-10)3-4-16-9/h3-5H,6-7H2,1-2H3,(H,14,15). The largest absolute Gasteiger partial charge is 0.351 e. The van der Waals surface area contributed by atoms with E-state index in [9.17, 15) is 4.79 Å². The molecule has 92 valence electrons. The Morgan fingerprint density at radius 3 is 2.88 bits per heavy atom. The first-order valence-corrected chi connectivity index (χ1v) is 7.56. The molecule has 0 aliphatic carbocycles. The maximum Gasteiger partial charge on any atom is 0.261 e. The first-order chi connectivity index (χ1) is 8.02. The fourth-order valence-corrected chi connectivity index (χ4v) is 3.45. The van der Waals surface area contributed by atoms with E-state index in [2.05, 4.69) is 5.32 Å². The Morgan fingerprint density at radius 1 is 1.47 bits per heavy atom. The van der Waals surface area contributed by atoms with Crippen LogP contribution < -0.4 is 5.32 Å². The van der Waals surface area contributed by atoms with Gasteiger partial charge < -0.3 is 5.32 Å². The van der Waals surface area contributed by atoms with Gasteiger partial charge >= 0.3 is 0 Å². The molecule has 0 saturated heterocycles. The van der Waals surface area contributed by atoms with Gasteiger partial charge in [-0.05, 0) is 22.9 Å². The third kappa shape index (κ3) is 3.00. The Hall–Kier alpha value is -0.580. The highest BCUT2D eigenvalue weighted by Crippen LogP contribution is 2.29. The van der Waals surface area contributed by atoms with Gasteiger partial charge in [-0.2, -0.15) is 0 Å². The van der Waals surface area contributed by atoms with Crippen LogP contribution in [0.2, 0.25) is 0 Å². The summed E-state index contributed by atoms with van der Waals surface area (Å²) in [7, 11) is 0. The minimum absolute atomic E-state index is 0.00316. The summed E-state index contributed by atoms with van der Waals surface area (Å²) in [5.41, 5.74) is -0.0636. The molecule has 0 bridgehead atoms. The first kappa shape index (κ1) is 12.9. The SMILES string of the molecule is CC(C)(CCl)CNC(=O)c1cc2sccc2s1. The van der Waals surface area contributed by atoms with E-state index in [0.717, 1.165) is 4.88 Å². The van der Waals surface area contributed by atoms with E-state index in [4.69, 9.17) is 11.6 Å². The molecule has 2 nitrogen and oxygen atoms in total. The molecule has 0 atom stereocenters. The first-order valence-electron chi connectivity index (χ1n) is 5.33. The quantitative estimate of drug-likeness (QED) is 0.848. The number of carbonyl (C=O) groups is 1. The molecule has 0 aliphatic rings. The molecule has 0 aliphatic heterocycles. The Balaban J connectivity index is 2.03. The summed E-state index contributed by atoms with van der Waals surface area (Å²) in [5, 5.41) is 4.97. The number of hydrogen-bond acceptors (Lipinski definition) is 3. The highest BCUT2D eigenvalue weighted by Gasteiger charge is 2.18. The average Bonchev–Trinajstić information content (AvgIpc) is 2.86. The number of amides is 1. The number of hydrogen-bond donors (Lipinski definition) is 1. The van der Waals surface area contributed by atoms with Crippen molar-refractivity contribution in [2.45, 2.75) is 13.8 Å². The number of alkyl halides is 1. The van der Waals surface area contributed by atoms with Crippen LogP contribution in [0.25, 0.3) is 9.40 Å². The maximum absolute atomic E-state index is 11.9. The summed E-state index contributed by atoms with van der Waals surface area (Å²) >= 11 is 9.02. The second kappa shape index (κ2) is 4.96. The zero-order valence-corrected chi connectivity index (χ0v) is 12.1. The monoisotopic (exact) mass is 287 g/mol. The fourth-order valence-electron chi connectivity index (χ4n) is 1.33. The van der Waals surface area contributed by atoms with Crippen molar-refractivity contribution in [3.8, 4) is 0 Å². The summed E-state index contributed by atoms with van der Waals surface area (Å²) in [6, 6.07) is 4.00. The van der Waals surface area contributed by atoms with Crippen LogP contribution in [0.1, 0.15) is 23.5 Å². The van der Waals surface area contributed by atoms with Crippen molar-refractivity contribution >= 4 is 49.6 Å². The van der Waals surface area contributed by atoms with E-state index in [1.165, 1.54) is 20.7 Å². The summed E-state index contributed by atoms with van der Waals surface area (Å²) in [4.78, 5) is 12.7. The molecular formula is C12H14ClNOS2. The van der Waals surface area contributed by atoms with Gasteiger partial charge in [0.05, 0.1) is 4.88 Å². The van der Waals surface area contributed by atoms with Crippen LogP contribution in [0.5, 0.6) is 0 Å². The summed E-state index contributed by atoms with van der Waals surface area (Å²) in [5.74, 6) is 0.531. The number of rotatable bonds is 4. The molecule has 1 N–H and O–H groups in total. The van der Waals surface area contributed by atoms with Crippen molar-refractivity contribution in [1.82, 2.24) is 5.32 Å². The zero-order valence-electron chi connectivity index (χ0n) is 9.75. The van der Waals surface area contributed by atoms with Crippen molar-refractivity contribution in [1.29, 1.82) is 0 Å². The molecule has 0 radical (unpaired) electrons. The summed E-state index contributed by atoms with van der Waals surface area (Å²) in [6.45, 7) is 4.67. The number of halogens is 1. The van der Waals surface area contributed by atoms with Crippen LogP contribution in [0.3, 0.4) is 0 Å². The van der Waals surface area contributed by atoms with Gasteiger partial charge in [-0.15, -0.1) is 34.3 Å². The van der Waals surface area contributed by atoms with Gasteiger partial charge in [0.2, 0.25) is 0 Å². The van der Waals surface area contributed by atoms with Crippen LogP contribution in [0.15, 0.2) is 17.5 Å². The van der Waals surface area contributed by atoms with Crippen LogP contribution in [-0.2, 0) is 0 Å². The average molecular weight is 288 g/mol. The summed E-state index contributed by atoms with van der Waals surface area (Å²) < 4.78 is 2.36. The number of nitrogens with one attached hydrogen (secondary N) is 1. The van der Waals surface area contributed by atoms with E-state index in [0.29, 0.717) is 12.4 Å². The maximum atomic E-state index is 11.9. The minimum Gasteiger partial charge on any atom is -0.351 e. The third-order valence-electron chi connectivity index (χ3n) is 2.45. The predicted octanol–water partition coefficient (Wildman–Crippen LogP) is 3.96. The van der Waals surface area contributed by atoms with Gasteiger partial charge in [-0.1, -0.05) is 13.8 Å². The lowest BCUT2D eigenvalue weighted by atomic mass is 9.96. The molecule has 2 aromatic rings. The molecule has 1 amide bonds. The van der Waals surface area contributed by atoms with Crippen molar-refractivity contribution in [2.24, 2.45) is 5.41 Å². The molecule has 0 aromatic carbocycles. The van der Waals surface area contributed by atoms with Gasteiger partial charge in [0.1, 0.15) is 0 Å². The van der Waals surface area contributed by atoms with Crippen LogP contribution in [-0.4, -0.2) is 18.3 Å². The van der Waals surface area contributed by atoms with E-state index >= 15 is 0 Å². The van der Waals surface area contributed by atoms with Crippen LogP contribution in [0, 0.1) is 5.41 Å². The third-order valence-corrected chi connectivity index (χ3v) is 5.27. The summed E-state index contributed by atoms with van der Waals surface area (Å²) in [6.07, 6.45) is 0. The van der Waals surface area contributed by atoms with Crippen molar-refractivity contribution in [3.63, 3.8) is 0 Å². The van der Waals surface area contributed by atoms with Crippen LogP contribution in [0.4, 0.5) is 0 Å². The molecular weight excluding hydrogens is 274 g/mol. The van der Waals surface area contributed by atoms with Crippen molar-refractivity contribution in [3.05, 3.63) is 22.4 Å². The predicted molar refractivity (Wildman–Crippen MR) is 76.5 cm³/mol. The van der Waals surface area contributed by atoms with Gasteiger partial charge in [-0.3, -0.25) is 4.79 Å². The van der Waals surface area contributed by atoms with Gasteiger partial charge in [0.25, 0.3) is 5.91 Å². The molecule has 17 heavy (non-hydrogen) atoms. The molecule has 0 spiro atoms. The lowest BCUT2D eigenvalue weighted by Gasteiger charge is -2.21. The zero-order chi connectivity index (χ0) is 12.5. The topological polar surface area (TPSA) is 29.1 Å². The van der Waals surface area contributed by atoms with Gasteiger partial charge in [0.15, 0.2) is 0 Å². The molecule has 2 aromatic heterocycles. The highest BCUT2D eigenvalue weighted by atomic mass is 35.5. The van der Waals surface area contributed by atoms with Gasteiger partial charge in [0, 0.05) is 21.8 Å². The molecule has 2 heterocycles. The Kier molecular flexibility index (Phi) is 3.76. The molecule has 2 rings (SSSR count). The van der Waals surface area contributed by atoms with Crippen LogP contribution >= 0.6 is 34.3 Å². The van der Waals surface area contributed by atoms with E-state index in [1.54, 1.807) is 11.3 Å². The lowest BCUT2D eigenvalue weighted by molar-refractivity contribution is 0.0944. The molecule has 0 fully saturated rings. The lowest BCUT2D eigenvalue weighted by Crippen LogP contribution is -2.34.